The first kappa shape index (κ1) is 8.57. The topological polar surface area (TPSA) is 38.0 Å². The molecule has 1 heterocycles. The molecule has 0 radical (unpaired) electrons. The molecular weight excluding hydrogens is 160 g/mol. The minimum atomic E-state index is 0.200. The van der Waals surface area contributed by atoms with E-state index in [1.807, 2.05) is 0 Å². The van der Waals surface area contributed by atoms with E-state index in [-0.39, 0.29) is 6.04 Å². The van der Waals surface area contributed by atoms with Crippen molar-refractivity contribution in [3.8, 4) is 0 Å². The maximum absolute atomic E-state index is 6.07. The van der Waals surface area contributed by atoms with E-state index in [1.165, 1.54) is 16.8 Å². The Morgan fingerprint density at radius 2 is 2.23 bits per heavy atom. The highest BCUT2D eigenvalue weighted by atomic mass is 14.9. The van der Waals surface area contributed by atoms with Crippen molar-refractivity contribution in [1.29, 1.82) is 0 Å². The molecular formula is C11H16N2. The van der Waals surface area contributed by atoms with Crippen LogP contribution in [-0.2, 0) is 0 Å². The molecule has 2 rings (SSSR count). The summed E-state index contributed by atoms with van der Waals surface area (Å²) in [6.07, 6.45) is 1.02. The highest BCUT2D eigenvalue weighted by Gasteiger charge is 2.21. The van der Waals surface area contributed by atoms with Gasteiger partial charge in [-0.3, -0.25) is 0 Å². The van der Waals surface area contributed by atoms with E-state index in [0.717, 1.165) is 6.42 Å². The maximum atomic E-state index is 6.07. The average molecular weight is 176 g/mol. The van der Waals surface area contributed by atoms with E-state index in [0.29, 0.717) is 6.04 Å². The van der Waals surface area contributed by atoms with Gasteiger partial charge < -0.3 is 11.1 Å². The number of nitrogens with two attached hydrogens (primary N) is 1. The van der Waals surface area contributed by atoms with Crippen LogP contribution in [0.1, 0.15) is 30.5 Å². The molecule has 3 N–H and O–H groups in total. The number of para-hydroxylation sites is 1. The standard InChI is InChI=1S/C11H16N2/c1-7-4-3-5-9-10(12)6-8(2)13-11(7)9/h3-5,8,10,13H,6,12H2,1-2H3. The molecule has 1 aromatic carbocycles. The zero-order valence-electron chi connectivity index (χ0n) is 8.17. The van der Waals surface area contributed by atoms with Crippen molar-refractivity contribution in [1.82, 2.24) is 0 Å². The molecule has 0 bridgehead atoms. The quantitative estimate of drug-likeness (QED) is 0.636. The van der Waals surface area contributed by atoms with Gasteiger partial charge in [0.1, 0.15) is 0 Å². The second kappa shape index (κ2) is 3.04. The third-order valence-electron chi connectivity index (χ3n) is 2.70. The van der Waals surface area contributed by atoms with Gasteiger partial charge >= 0.3 is 0 Å². The Bertz CT molecular complexity index is 320. The van der Waals surface area contributed by atoms with Gasteiger partial charge in [0.25, 0.3) is 0 Å². The molecule has 0 saturated heterocycles. The molecule has 13 heavy (non-hydrogen) atoms. The van der Waals surface area contributed by atoms with Crippen LogP contribution < -0.4 is 11.1 Å². The molecule has 1 aliphatic heterocycles. The van der Waals surface area contributed by atoms with Crippen LogP contribution in [0.15, 0.2) is 18.2 Å². The largest absolute Gasteiger partial charge is 0.382 e. The van der Waals surface area contributed by atoms with Gasteiger partial charge in [0.2, 0.25) is 0 Å². The van der Waals surface area contributed by atoms with E-state index in [4.69, 9.17) is 5.73 Å². The number of benzene rings is 1. The van der Waals surface area contributed by atoms with Gasteiger partial charge in [-0.2, -0.15) is 0 Å². The Morgan fingerprint density at radius 3 is 3.00 bits per heavy atom. The first-order valence-corrected chi connectivity index (χ1v) is 4.80. The number of fused-ring (bicyclic) bond motifs is 1. The monoisotopic (exact) mass is 176 g/mol. The summed E-state index contributed by atoms with van der Waals surface area (Å²) in [5.74, 6) is 0. The SMILES string of the molecule is Cc1cccc2c1NC(C)CC2N. The molecule has 1 aliphatic rings. The molecule has 2 nitrogen and oxygen atoms in total. The number of aryl methyl sites for hydroxylation is 1. The molecule has 0 fully saturated rings. The molecule has 2 heteroatoms. The lowest BCUT2D eigenvalue weighted by molar-refractivity contribution is 0.570. The maximum Gasteiger partial charge on any atom is 0.0420 e. The van der Waals surface area contributed by atoms with E-state index in [2.05, 4.69) is 37.4 Å². The zero-order chi connectivity index (χ0) is 9.42. The van der Waals surface area contributed by atoms with Crippen molar-refractivity contribution in [3.63, 3.8) is 0 Å². The lowest BCUT2D eigenvalue weighted by Crippen LogP contribution is -2.29. The fraction of sp³-hybridized carbons (Fsp3) is 0.455. The smallest absolute Gasteiger partial charge is 0.0420 e. The van der Waals surface area contributed by atoms with Crippen LogP contribution in [0.2, 0.25) is 0 Å². The van der Waals surface area contributed by atoms with Crippen LogP contribution in [0.3, 0.4) is 0 Å². The van der Waals surface area contributed by atoms with E-state index < -0.39 is 0 Å². The summed E-state index contributed by atoms with van der Waals surface area (Å²) in [7, 11) is 0. The first-order chi connectivity index (χ1) is 6.18. The van der Waals surface area contributed by atoms with Crippen molar-refractivity contribution >= 4 is 5.69 Å². The number of hydrogen-bond donors (Lipinski definition) is 2. The third-order valence-corrected chi connectivity index (χ3v) is 2.70. The molecule has 0 spiro atoms. The van der Waals surface area contributed by atoms with Gasteiger partial charge in [0.15, 0.2) is 0 Å². The van der Waals surface area contributed by atoms with Gasteiger partial charge in [-0.1, -0.05) is 18.2 Å². The minimum Gasteiger partial charge on any atom is -0.382 e. The molecule has 1 aromatic rings. The predicted molar refractivity (Wildman–Crippen MR) is 55.8 cm³/mol. The van der Waals surface area contributed by atoms with Crippen LogP contribution in [0.4, 0.5) is 5.69 Å². The Morgan fingerprint density at radius 1 is 1.46 bits per heavy atom. The Labute approximate surface area is 79.1 Å². The van der Waals surface area contributed by atoms with Crippen LogP contribution in [0, 0.1) is 6.92 Å². The third kappa shape index (κ3) is 1.42. The van der Waals surface area contributed by atoms with Gasteiger partial charge in [0.05, 0.1) is 0 Å². The van der Waals surface area contributed by atoms with Crippen LogP contribution in [-0.4, -0.2) is 6.04 Å². The molecule has 0 aromatic heterocycles. The number of rotatable bonds is 0. The van der Waals surface area contributed by atoms with E-state index in [1.54, 1.807) is 0 Å². The van der Waals surface area contributed by atoms with Crippen LogP contribution in [0.25, 0.3) is 0 Å². The molecule has 2 atom stereocenters. The molecule has 0 aliphatic carbocycles. The van der Waals surface area contributed by atoms with Crippen molar-refractivity contribution in [3.05, 3.63) is 29.3 Å². The fourth-order valence-electron chi connectivity index (χ4n) is 2.01. The zero-order valence-corrected chi connectivity index (χ0v) is 8.17. The number of hydrogen-bond acceptors (Lipinski definition) is 2. The molecule has 0 saturated carbocycles. The fourth-order valence-corrected chi connectivity index (χ4v) is 2.01. The predicted octanol–water partition coefficient (Wildman–Crippen LogP) is 2.20. The average Bonchev–Trinajstić information content (AvgIpc) is 2.07. The van der Waals surface area contributed by atoms with Gasteiger partial charge in [-0.05, 0) is 31.4 Å². The Kier molecular flexibility index (Phi) is 2.00. The van der Waals surface area contributed by atoms with E-state index >= 15 is 0 Å². The van der Waals surface area contributed by atoms with Crippen molar-refractivity contribution in [2.45, 2.75) is 32.4 Å². The highest BCUT2D eigenvalue weighted by Crippen LogP contribution is 2.32. The van der Waals surface area contributed by atoms with Crippen LogP contribution >= 0.6 is 0 Å². The molecule has 2 unspecified atom stereocenters. The minimum absolute atomic E-state index is 0.200. The van der Waals surface area contributed by atoms with Crippen LogP contribution in [0.5, 0.6) is 0 Å². The lowest BCUT2D eigenvalue weighted by atomic mass is 9.92. The van der Waals surface area contributed by atoms with E-state index in [9.17, 15) is 0 Å². The first-order valence-electron chi connectivity index (χ1n) is 4.80. The summed E-state index contributed by atoms with van der Waals surface area (Å²) in [5, 5.41) is 3.48. The highest BCUT2D eigenvalue weighted by molar-refractivity contribution is 5.60. The summed E-state index contributed by atoms with van der Waals surface area (Å²) in [5.41, 5.74) is 9.86. The lowest BCUT2D eigenvalue weighted by Gasteiger charge is -2.30. The number of nitrogens with one attached hydrogen (secondary N) is 1. The molecule has 70 valence electrons. The summed E-state index contributed by atoms with van der Waals surface area (Å²) in [6.45, 7) is 4.30. The second-order valence-corrected chi connectivity index (χ2v) is 3.93. The Balaban J connectivity index is 2.49. The summed E-state index contributed by atoms with van der Waals surface area (Å²) < 4.78 is 0. The summed E-state index contributed by atoms with van der Waals surface area (Å²) in [4.78, 5) is 0. The van der Waals surface area contributed by atoms with Gasteiger partial charge in [0, 0.05) is 17.8 Å². The van der Waals surface area contributed by atoms with Gasteiger partial charge in [-0.15, -0.1) is 0 Å². The normalized spacial score (nSPS) is 26.4. The summed E-state index contributed by atoms with van der Waals surface area (Å²) >= 11 is 0. The van der Waals surface area contributed by atoms with Crippen molar-refractivity contribution < 1.29 is 0 Å². The number of anilines is 1. The van der Waals surface area contributed by atoms with Gasteiger partial charge in [-0.25, -0.2) is 0 Å². The van der Waals surface area contributed by atoms with Crippen molar-refractivity contribution in [2.24, 2.45) is 5.73 Å². The second-order valence-electron chi connectivity index (χ2n) is 3.93. The Hall–Kier alpha value is -1.02. The van der Waals surface area contributed by atoms with Crippen molar-refractivity contribution in [2.75, 3.05) is 5.32 Å². The molecule has 0 amide bonds. The summed E-state index contributed by atoms with van der Waals surface area (Å²) in [6, 6.07) is 7.00.